The molecule has 0 amide bonds. The number of hydrogen-bond acceptors (Lipinski definition) is 5. The number of pyridine rings is 1. The molecule has 148 valence electrons. The lowest BCUT2D eigenvalue weighted by molar-refractivity contribution is -0.274. The van der Waals surface area contributed by atoms with E-state index in [1.165, 1.54) is 12.1 Å². The Kier molecular flexibility index (Phi) is 4.84. The number of alkyl halides is 3. The van der Waals surface area contributed by atoms with Crippen LogP contribution in [0.4, 0.5) is 19.0 Å². The molecule has 1 fully saturated rings. The Labute approximate surface area is 159 Å². The van der Waals surface area contributed by atoms with E-state index in [4.69, 9.17) is 5.10 Å². The van der Waals surface area contributed by atoms with Gasteiger partial charge in [0.2, 0.25) is 0 Å². The van der Waals surface area contributed by atoms with Crippen LogP contribution in [-0.4, -0.2) is 47.3 Å². The molecule has 3 heterocycles. The number of nitrogens with zero attached hydrogens (tertiary/aromatic N) is 4. The largest absolute Gasteiger partial charge is 0.573 e. The maximum atomic E-state index is 12.4. The first kappa shape index (κ1) is 18.5. The Balaban J connectivity index is 1.79. The molecule has 28 heavy (non-hydrogen) atoms. The van der Waals surface area contributed by atoms with E-state index in [0.29, 0.717) is 11.3 Å². The summed E-state index contributed by atoms with van der Waals surface area (Å²) >= 11 is 0. The third-order valence-electron chi connectivity index (χ3n) is 4.75. The minimum absolute atomic E-state index is 0.266. The molecule has 0 bridgehead atoms. The van der Waals surface area contributed by atoms with Crippen LogP contribution in [0.3, 0.4) is 0 Å². The second-order valence-electron chi connectivity index (χ2n) is 6.54. The lowest BCUT2D eigenvalue weighted by Gasteiger charge is -2.27. The van der Waals surface area contributed by atoms with Gasteiger partial charge in [-0.2, -0.15) is 0 Å². The number of piperazine rings is 1. The molecule has 0 atom stereocenters. The average Bonchev–Trinajstić information content (AvgIpc) is 3.08. The highest BCUT2D eigenvalue weighted by Gasteiger charge is 2.31. The molecule has 2 aromatic heterocycles. The number of benzene rings is 1. The molecular weight excluding hydrogens is 371 g/mol. The van der Waals surface area contributed by atoms with Crippen LogP contribution in [0.15, 0.2) is 36.5 Å². The molecule has 1 aliphatic heterocycles. The monoisotopic (exact) mass is 391 g/mol. The SMILES string of the molecule is CCc1ccnc2c1c(N1CCNCC1)nn2-c1ccc(OC(F)(F)F)cc1. The van der Waals surface area contributed by atoms with E-state index in [1.807, 2.05) is 6.07 Å². The van der Waals surface area contributed by atoms with Gasteiger partial charge in [-0.1, -0.05) is 6.92 Å². The molecule has 6 nitrogen and oxygen atoms in total. The number of anilines is 1. The van der Waals surface area contributed by atoms with E-state index in [0.717, 1.165) is 49.4 Å². The summed E-state index contributed by atoms with van der Waals surface area (Å²) < 4.78 is 42.9. The van der Waals surface area contributed by atoms with E-state index in [-0.39, 0.29) is 5.75 Å². The Morgan fingerprint density at radius 3 is 2.46 bits per heavy atom. The van der Waals surface area contributed by atoms with Crippen molar-refractivity contribution >= 4 is 16.9 Å². The van der Waals surface area contributed by atoms with Gasteiger partial charge < -0.3 is 15.0 Å². The molecule has 1 saturated heterocycles. The first-order valence-corrected chi connectivity index (χ1v) is 9.15. The molecule has 1 aromatic carbocycles. The van der Waals surface area contributed by atoms with Gasteiger partial charge in [-0.15, -0.1) is 18.3 Å². The van der Waals surface area contributed by atoms with Gasteiger partial charge in [-0.25, -0.2) is 9.67 Å². The first-order chi connectivity index (χ1) is 13.5. The fourth-order valence-corrected chi connectivity index (χ4v) is 3.45. The highest BCUT2D eigenvalue weighted by molar-refractivity contribution is 5.92. The molecule has 0 radical (unpaired) electrons. The van der Waals surface area contributed by atoms with Gasteiger partial charge >= 0.3 is 6.36 Å². The topological polar surface area (TPSA) is 55.2 Å². The van der Waals surface area contributed by atoms with Crippen molar-refractivity contribution in [1.29, 1.82) is 0 Å². The van der Waals surface area contributed by atoms with E-state index >= 15 is 0 Å². The molecule has 4 rings (SSSR count). The van der Waals surface area contributed by atoms with Crippen molar-refractivity contribution in [3.63, 3.8) is 0 Å². The molecule has 3 aromatic rings. The zero-order chi connectivity index (χ0) is 19.7. The molecule has 1 N–H and O–H groups in total. The van der Waals surface area contributed by atoms with Gasteiger partial charge in [0.1, 0.15) is 5.75 Å². The lowest BCUT2D eigenvalue weighted by atomic mass is 10.1. The Morgan fingerprint density at radius 2 is 1.82 bits per heavy atom. The summed E-state index contributed by atoms with van der Waals surface area (Å²) in [7, 11) is 0. The van der Waals surface area contributed by atoms with Gasteiger partial charge in [0.15, 0.2) is 11.5 Å². The molecule has 0 unspecified atom stereocenters. The van der Waals surface area contributed by atoms with E-state index in [9.17, 15) is 13.2 Å². The van der Waals surface area contributed by atoms with Crippen molar-refractivity contribution in [3.05, 3.63) is 42.1 Å². The molecule has 9 heteroatoms. The van der Waals surface area contributed by atoms with Crippen LogP contribution < -0.4 is 15.0 Å². The second-order valence-corrected chi connectivity index (χ2v) is 6.54. The van der Waals surface area contributed by atoms with Crippen molar-refractivity contribution < 1.29 is 17.9 Å². The quantitative estimate of drug-likeness (QED) is 0.740. The molecular formula is C19H20F3N5O. The Hall–Kier alpha value is -2.81. The van der Waals surface area contributed by atoms with Gasteiger partial charge in [0.05, 0.1) is 11.1 Å². The van der Waals surface area contributed by atoms with E-state index in [2.05, 4.69) is 26.9 Å². The Bertz CT molecular complexity index is 962. The van der Waals surface area contributed by atoms with E-state index < -0.39 is 6.36 Å². The number of ether oxygens (including phenoxy) is 1. The number of fused-ring (bicyclic) bond motifs is 1. The smallest absolute Gasteiger partial charge is 0.406 e. The molecule has 0 spiro atoms. The van der Waals surface area contributed by atoms with Crippen LogP contribution in [-0.2, 0) is 6.42 Å². The van der Waals surface area contributed by atoms with Crippen LogP contribution in [0.1, 0.15) is 12.5 Å². The summed E-state index contributed by atoms with van der Waals surface area (Å²) in [5, 5.41) is 9.10. The van der Waals surface area contributed by atoms with Gasteiger partial charge in [0, 0.05) is 32.4 Å². The van der Waals surface area contributed by atoms with Gasteiger partial charge in [-0.3, -0.25) is 0 Å². The second kappa shape index (κ2) is 7.31. The van der Waals surface area contributed by atoms with Crippen LogP contribution in [0, 0.1) is 0 Å². The summed E-state index contributed by atoms with van der Waals surface area (Å²) in [6, 6.07) is 7.65. The number of rotatable bonds is 4. The zero-order valence-corrected chi connectivity index (χ0v) is 15.3. The highest BCUT2D eigenvalue weighted by atomic mass is 19.4. The number of halogens is 3. The third kappa shape index (κ3) is 3.62. The maximum absolute atomic E-state index is 12.4. The third-order valence-corrected chi connectivity index (χ3v) is 4.75. The number of aryl methyl sites for hydroxylation is 1. The molecule has 0 aliphatic carbocycles. The minimum atomic E-state index is -4.72. The predicted octanol–water partition coefficient (Wildman–Crippen LogP) is 3.29. The van der Waals surface area contributed by atoms with Crippen LogP contribution in [0.25, 0.3) is 16.7 Å². The number of nitrogens with one attached hydrogen (secondary N) is 1. The summed E-state index contributed by atoms with van der Waals surface area (Å²) in [5.41, 5.74) is 2.46. The van der Waals surface area contributed by atoms with Crippen LogP contribution in [0.5, 0.6) is 5.75 Å². The van der Waals surface area contributed by atoms with Crippen molar-refractivity contribution in [3.8, 4) is 11.4 Å². The van der Waals surface area contributed by atoms with Gasteiger partial charge in [0.25, 0.3) is 0 Å². The maximum Gasteiger partial charge on any atom is 0.573 e. The summed E-state index contributed by atoms with van der Waals surface area (Å²) in [5.74, 6) is 0.592. The van der Waals surface area contributed by atoms with Crippen molar-refractivity contribution in [1.82, 2.24) is 20.1 Å². The van der Waals surface area contributed by atoms with Crippen LogP contribution >= 0.6 is 0 Å². The fourth-order valence-electron chi connectivity index (χ4n) is 3.45. The minimum Gasteiger partial charge on any atom is -0.406 e. The molecule has 1 aliphatic rings. The summed E-state index contributed by atoms with van der Waals surface area (Å²) in [6.45, 7) is 5.50. The van der Waals surface area contributed by atoms with Crippen molar-refractivity contribution in [2.45, 2.75) is 19.7 Å². The normalized spacial score (nSPS) is 15.2. The van der Waals surface area contributed by atoms with Gasteiger partial charge in [-0.05, 0) is 42.3 Å². The Morgan fingerprint density at radius 1 is 1.11 bits per heavy atom. The highest BCUT2D eigenvalue weighted by Crippen LogP contribution is 2.31. The summed E-state index contributed by atoms with van der Waals surface area (Å²) in [4.78, 5) is 6.73. The average molecular weight is 391 g/mol. The predicted molar refractivity (Wildman–Crippen MR) is 100 cm³/mol. The number of aromatic nitrogens is 3. The fraction of sp³-hybridized carbons (Fsp3) is 0.368. The van der Waals surface area contributed by atoms with Crippen molar-refractivity contribution in [2.24, 2.45) is 0 Å². The standard InChI is InChI=1S/C19H20F3N5O/c1-2-13-7-8-24-17-16(13)18(26-11-9-23-10-12-26)25-27(17)14-3-5-15(6-4-14)28-19(20,21)22/h3-8,23H,2,9-12H2,1H3. The lowest BCUT2D eigenvalue weighted by Crippen LogP contribution is -2.43. The number of hydrogen-bond donors (Lipinski definition) is 1. The molecule has 0 saturated carbocycles. The van der Waals surface area contributed by atoms with Crippen molar-refractivity contribution in [2.75, 3.05) is 31.1 Å². The first-order valence-electron chi connectivity index (χ1n) is 9.15. The van der Waals surface area contributed by atoms with E-state index in [1.54, 1.807) is 23.0 Å². The summed E-state index contributed by atoms with van der Waals surface area (Å²) in [6.07, 6.45) is -2.14. The zero-order valence-electron chi connectivity index (χ0n) is 15.3. The van der Waals surface area contributed by atoms with Crippen LogP contribution in [0.2, 0.25) is 0 Å².